The normalized spacial score (nSPS) is 13.6. The number of nitrogens with one attached hydrogen (secondary N) is 2. The van der Waals surface area contributed by atoms with Crippen LogP contribution >= 0.6 is 0 Å². The number of rotatable bonds is 8. The van der Waals surface area contributed by atoms with Crippen LogP contribution in [0.1, 0.15) is 35.5 Å². The lowest BCUT2D eigenvalue weighted by Crippen LogP contribution is -2.48. The molecule has 4 rings (SSSR count). The molecule has 0 saturated carbocycles. The highest BCUT2D eigenvalue weighted by Crippen LogP contribution is 2.14. The zero-order valence-corrected chi connectivity index (χ0v) is 18.0. The van der Waals surface area contributed by atoms with Gasteiger partial charge in [0.25, 0.3) is 0 Å². The van der Waals surface area contributed by atoms with Gasteiger partial charge in [-0.25, -0.2) is 9.78 Å². The average Bonchev–Trinajstić information content (AvgIpc) is 3.25. The van der Waals surface area contributed by atoms with Gasteiger partial charge in [-0.05, 0) is 24.0 Å². The Morgan fingerprint density at radius 1 is 1.00 bits per heavy atom. The molecule has 1 aliphatic rings. The maximum atomic E-state index is 13.0. The van der Waals surface area contributed by atoms with Gasteiger partial charge in [0.15, 0.2) is 0 Å². The summed E-state index contributed by atoms with van der Waals surface area (Å²) in [6.07, 6.45) is 5.03. The number of benzene rings is 2. The van der Waals surface area contributed by atoms with Crippen LogP contribution in [0.3, 0.4) is 0 Å². The van der Waals surface area contributed by atoms with Crippen molar-refractivity contribution in [3.05, 3.63) is 89.5 Å². The molecule has 0 aliphatic carbocycles. The van der Waals surface area contributed by atoms with Crippen LogP contribution in [-0.4, -0.2) is 27.6 Å². The number of carbonyl (C=O) groups excluding carboxylic acids is 2. The van der Waals surface area contributed by atoms with Crippen LogP contribution in [0.25, 0.3) is 0 Å². The van der Waals surface area contributed by atoms with Crippen molar-refractivity contribution in [2.45, 2.75) is 51.4 Å². The third-order valence-electron chi connectivity index (χ3n) is 5.51. The predicted octanol–water partition coefficient (Wildman–Crippen LogP) is 3.37. The molecule has 2 amide bonds. The number of nitrogens with zero attached hydrogens (tertiary/aromatic N) is 2. The molecule has 1 aromatic heterocycles. The molecule has 2 N–H and O–H groups in total. The molecule has 1 atom stereocenters. The van der Waals surface area contributed by atoms with Gasteiger partial charge in [-0.15, -0.1) is 0 Å². The summed E-state index contributed by atoms with van der Waals surface area (Å²) in [7, 11) is 0. The Hall–Kier alpha value is -3.61. The minimum Gasteiger partial charge on any atom is -0.445 e. The fourth-order valence-corrected chi connectivity index (χ4v) is 3.82. The molecule has 7 heteroatoms. The van der Waals surface area contributed by atoms with E-state index >= 15 is 0 Å². The summed E-state index contributed by atoms with van der Waals surface area (Å²) in [5.74, 6) is 0.806. The molecule has 0 fully saturated rings. The molecule has 2 aromatic carbocycles. The van der Waals surface area contributed by atoms with Gasteiger partial charge in [0, 0.05) is 25.6 Å². The summed E-state index contributed by atoms with van der Waals surface area (Å²) in [6.45, 7) is 1.44. The molecule has 0 radical (unpaired) electrons. The Morgan fingerprint density at radius 2 is 1.72 bits per heavy atom. The van der Waals surface area contributed by atoms with E-state index in [-0.39, 0.29) is 12.5 Å². The van der Waals surface area contributed by atoms with Gasteiger partial charge in [0.2, 0.25) is 5.91 Å². The van der Waals surface area contributed by atoms with Gasteiger partial charge in [-0.1, -0.05) is 60.7 Å². The zero-order valence-electron chi connectivity index (χ0n) is 18.0. The highest BCUT2D eigenvalue weighted by Gasteiger charge is 2.22. The van der Waals surface area contributed by atoms with E-state index in [9.17, 15) is 9.59 Å². The molecule has 7 nitrogen and oxygen atoms in total. The van der Waals surface area contributed by atoms with Crippen molar-refractivity contribution in [3.8, 4) is 0 Å². The van der Waals surface area contributed by atoms with E-state index in [1.807, 2.05) is 66.9 Å². The average molecular weight is 433 g/mol. The first-order chi connectivity index (χ1) is 15.7. The number of hydrogen-bond acceptors (Lipinski definition) is 4. The molecule has 1 aliphatic heterocycles. The van der Waals surface area contributed by atoms with E-state index in [4.69, 9.17) is 4.74 Å². The highest BCUT2D eigenvalue weighted by atomic mass is 16.5. The van der Waals surface area contributed by atoms with Crippen molar-refractivity contribution >= 4 is 12.0 Å². The van der Waals surface area contributed by atoms with Crippen LogP contribution in [0.15, 0.2) is 66.9 Å². The Bertz CT molecular complexity index is 1010. The lowest BCUT2D eigenvalue weighted by molar-refractivity contribution is -0.123. The number of aromatic nitrogens is 2. The van der Waals surface area contributed by atoms with E-state index in [0.717, 1.165) is 48.5 Å². The molecule has 0 unspecified atom stereocenters. The second-order valence-corrected chi connectivity index (χ2v) is 7.97. The second kappa shape index (κ2) is 10.6. The summed E-state index contributed by atoms with van der Waals surface area (Å²) in [6, 6.07) is 18.3. The fourth-order valence-electron chi connectivity index (χ4n) is 3.82. The number of fused-ring (bicyclic) bond motifs is 1. The molecule has 0 bridgehead atoms. The van der Waals surface area contributed by atoms with Crippen molar-refractivity contribution in [2.75, 3.05) is 0 Å². The molecule has 3 aromatic rings. The third kappa shape index (κ3) is 5.97. The Morgan fingerprint density at radius 3 is 2.44 bits per heavy atom. The first-order valence-electron chi connectivity index (χ1n) is 11.0. The molecule has 0 saturated heterocycles. The third-order valence-corrected chi connectivity index (χ3v) is 5.51. The van der Waals surface area contributed by atoms with Crippen molar-refractivity contribution in [3.63, 3.8) is 0 Å². The van der Waals surface area contributed by atoms with Crippen LogP contribution in [0, 0.1) is 0 Å². The number of ether oxygens (including phenoxy) is 1. The van der Waals surface area contributed by atoms with Crippen molar-refractivity contribution < 1.29 is 14.3 Å². The summed E-state index contributed by atoms with van der Waals surface area (Å²) in [5, 5.41) is 5.64. The first-order valence-corrected chi connectivity index (χ1v) is 11.0. The smallest absolute Gasteiger partial charge is 0.408 e. The Balaban J connectivity index is 1.36. The predicted molar refractivity (Wildman–Crippen MR) is 121 cm³/mol. The van der Waals surface area contributed by atoms with E-state index in [1.165, 1.54) is 0 Å². The lowest BCUT2D eigenvalue weighted by Gasteiger charge is -2.18. The van der Waals surface area contributed by atoms with E-state index in [1.54, 1.807) is 0 Å². The lowest BCUT2D eigenvalue weighted by atomic mass is 10.1. The van der Waals surface area contributed by atoms with Crippen LogP contribution in [0.4, 0.5) is 4.79 Å². The van der Waals surface area contributed by atoms with Crippen LogP contribution in [0.2, 0.25) is 0 Å². The van der Waals surface area contributed by atoms with Crippen molar-refractivity contribution in [1.82, 2.24) is 20.2 Å². The number of aryl methyl sites for hydroxylation is 2. The summed E-state index contributed by atoms with van der Waals surface area (Å²) < 4.78 is 7.48. The van der Waals surface area contributed by atoms with Crippen molar-refractivity contribution in [1.29, 1.82) is 0 Å². The van der Waals surface area contributed by atoms with Gasteiger partial charge < -0.3 is 19.9 Å². The number of hydrogen-bond donors (Lipinski definition) is 2. The van der Waals surface area contributed by atoms with Crippen LogP contribution in [0.5, 0.6) is 0 Å². The molecule has 32 heavy (non-hydrogen) atoms. The SMILES string of the molecule is O=C(N[C@@H](Cc1ccccc1)C(=O)NCc1cn2c(n1)CCCC2)OCc1ccccc1. The first kappa shape index (κ1) is 21.6. The van der Waals surface area contributed by atoms with E-state index in [0.29, 0.717) is 13.0 Å². The summed E-state index contributed by atoms with van der Waals surface area (Å²) in [5.41, 5.74) is 2.67. The highest BCUT2D eigenvalue weighted by molar-refractivity contribution is 5.85. The topological polar surface area (TPSA) is 85.3 Å². The van der Waals surface area contributed by atoms with Crippen LogP contribution in [-0.2, 0) is 42.1 Å². The maximum Gasteiger partial charge on any atom is 0.408 e. The van der Waals surface area contributed by atoms with Gasteiger partial charge in [-0.3, -0.25) is 4.79 Å². The zero-order chi connectivity index (χ0) is 22.2. The molecule has 0 spiro atoms. The van der Waals surface area contributed by atoms with Crippen LogP contribution < -0.4 is 10.6 Å². The van der Waals surface area contributed by atoms with Crippen molar-refractivity contribution in [2.24, 2.45) is 0 Å². The fraction of sp³-hybridized carbons (Fsp3) is 0.320. The molecular formula is C25H28N4O3. The number of alkyl carbamates (subject to hydrolysis) is 1. The van der Waals surface area contributed by atoms with E-state index < -0.39 is 12.1 Å². The Kier molecular flexibility index (Phi) is 7.17. The minimum atomic E-state index is -0.752. The van der Waals surface area contributed by atoms with E-state index in [2.05, 4.69) is 20.2 Å². The number of imidazole rings is 1. The summed E-state index contributed by atoms with van der Waals surface area (Å²) in [4.78, 5) is 30.0. The Labute approximate surface area is 187 Å². The van der Waals surface area contributed by atoms with Gasteiger partial charge in [-0.2, -0.15) is 0 Å². The molecule has 166 valence electrons. The van der Waals surface area contributed by atoms with Gasteiger partial charge >= 0.3 is 6.09 Å². The number of amides is 2. The standard InChI is InChI=1S/C25H28N4O3/c30-24(26-16-21-17-29-14-8-7-13-23(29)27-21)22(15-19-9-3-1-4-10-19)28-25(31)32-18-20-11-5-2-6-12-20/h1-6,9-12,17,22H,7-8,13-16,18H2,(H,26,30)(H,28,31)/t22-/m0/s1. The number of carbonyl (C=O) groups is 2. The molecule has 2 heterocycles. The molecular weight excluding hydrogens is 404 g/mol. The maximum absolute atomic E-state index is 13.0. The summed E-state index contributed by atoms with van der Waals surface area (Å²) >= 11 is 0. The van der Waals surface area contributed by atoms with Gasteiger partial charge in [0.05, 0.1) is 12.2 Å². The largest absolute Gasteiger partial charge is 0.445 e. The quantitative estimate of drug-likeness (QED) is 0.572. The van der Waals surface area contributed by atoms with Gasteiger partial charge in [0.1, 0.15) is 18.5 Å². The monoisotopic (exact) mass is 432 g/mol. The minimum absolute atomic E-state index is 0.145. The second-order valence-electron chi connectivity index (χ2n) is 7.97.